The van der Waals surface area contributed by atoms with Gasteiger partial charge in [-0.25, -0.2) is 4.79 Å². The fourth-order valence-corrected chi connectivity index (χ4v) is 3.48. The van der Waals surface area contributed by atoms with Gasteiger partial charge in [-0.1, -0.05) is 13.8 Å². The van der Waals surface area contributed by atoms with Gasteiger partial charge in [0.25, 0.3) is 0 Å². The Hall–Kier alpha value is -2.04. The molecule has 0 atom stereocenters. The number of methoxy groups -OCH3 is 1. The van der Waals surface area contributed by atoms with Crippen LogP contribution in [-0.4, -0.2) is 37.5 Å². The summed E-state index contributed by atoms with van der Waals surface area (Å²) in [5.74, 6) is 1.06. The van der Waals surface area contributed by atoms with Crippen molar-refractivity contribution in [1.82, 2.24) is 0 Å². The maximum Gasteiger partial charge on any atom is 0.357 e. The van der Waals surface area contributed by atoms with Crippen LogP contribution < -0.4 is 9.47 Å². The van der Waals surface area contributed by atoms with Crippen molar-refractivity contribution in [3.63, 3.8) is 0 Å². The summed E-state index contributed by atoms with van der Waals surface area (Å²) in [6, 6.07) is 1.99. The number of carbonyl (C=O) groups is 1. The second kappa shape index (κ2) is 5.50. The molecule has 1 aromatic rings. The van der Waals surface area contributed by atoms with Crippen LogP contribution in [0.4, 0.5) is 0 Å². The first-order chi connectivity index (χ1) is 11.2. The standard InChI is InChI=1S/C19H25NO4/c1-7-23-17(21)15-14-11-9-19(4,5)24-16(11)13(22-6)8-12(14)18(2,3)10-20-15/h8H,7,9-10H2,1-6H3. The maximum absolute atomic E-state index is 12.5. The molecule has 0 N–H and O–H groups in total. The van der Waals surface area contributed by atoms with E-state index in [0.29, 0.717) is 31.0 Å². The number of carbonyl (C=O) groups excluding carboxylic acids is 1. The van der Waals surface area contributed by atoms with Gasteiger partial charge < -0.3 is 14.2 Å². The van der Waals surface area contributed by atoms with Crippen molar-refractivity contribution in [2.75, 3.05) is 20.3 Å². The molecular weight excluding hydrogens is 306 g/mol. The van der Waals surface area contributed by atoms with Crippen LogP contribution in [0.25, 0.3) is 0 Å². The molecule has 5 heteroatoms. The Morgan fingerprint density at radius 3 is 2.67 bits per heavy atom. The van der Waals surface area contributed by atoms with Crippen LogP contribution in [-0.2, 0) is 21.4 Å². The van der Waals surface area contributed by atoms with Crippen LogP contribution in [0.3, 0.4) is 0 Å². The Kier molecular flexibility index (Phi) is 3.85. The molecule has 0 amide bonds. The largest absolute Gasteiger partial charge is 0.493 e. The molecule has 0 radical (unpaired) electrons. The lowest BCUT2D eigenvalue weighted by Gasteiger charge is -2.32. The van der Waals surface area contributed by atoms with E-state index in [9.17, 15) is 4.79 Å². The monoisotopic (exact) mass is 331 g/mol. The molecule has 130 valence electrons. The first-order valence-electron chi connectivity index (χ1n) is 8.35. The number of hydrogen-bond donors (Lipinski definition) is 0. The van der Waals surface area contributed by atoms with E-state index in [2.05, 4.69) is 18.8 Å². The van der Waals surface area contributed by atoms with E-state index in [1.807, 2.05) is 19.9 Å². The minimum absolute atomic E-state index is 0.180. The number of benzene rings is 1. The molecule has 0 fully saturated rings. The number of esters is 1. The van der Waals surface area contributed by atoms with Gasteiger partial charge in [0.05, 0.1) is 13.7 Å². The van der Waals surface area contributed by atoms with Gasteiger partial charge in [0.2, 0.25) is 0 Å². The van der Waals surface area contributed by atoms with Crippen molar-refractivity contribution in [1.29, 1.82) is 0 Å². The fourth-order valence-electron chi connectivity index (χ4n) is 3.48. The van der Waals surface area contributed by atoms with E-state index >= 15 is 0 Å². The highest BCUT2D eigenvalue weighted by Gasteiger charge is 2.42. The van der Waals surface area contributed by atoms with Gasteiger partial charge in [-0.3, -0.25) is 4.99 Å². The van der Waals surface area contributed by atoms with Gasteiger partial charge in [-0.2, -0.15) is 0 Å². The van der Waals surface area contributed by atoms with E-state index in [4.69, 9.17) is 14.2 Å². The van der Waals surface area contributed by atoms with Crippen molar-refractivity contribution in [3.05, 3.63) is 22.8 Å². The van der Waals surface area contributed by atoms with Gasteiger partial charge in [0.15, 0.2) is 17.2 Å². The molecule has 24 heavy (non-hydrogen) atoms. The summed E-state index contributed by atoms with van der Waals surface area (Å²) >= 11 is 0. The summed E-state index contributed by atoms with van der Waals surface area (Å²) in [6.45, 7) is 11.0. The lowest BCUT2D eigenvalue weighted by atomic mass is 9.76. The maximum atomic E-state index is 12.5. The van der Waals surface area contributed by atoms with Gasteiger partial charge in [-0.15, -0.1) is 0 Å². The number of aliphatic imine (C=N–C) groups is 1. The number of rotatable bonds is 3. The summed E-state index contributed by atoms with van der Waals surface area (Å²) in [5, 5.41) is 0. The fraction of sp³-hybridized carbons (Fsp3) is 0.579. The predicted octanol–water partition coefficient (Wildman–Crippen LogP) is 3.05. The molecule has 2 heterocycles. The van der Waals surface area contributed by atoms with Crippen LogP contribution in [0.2, 0.25) is 0 Å². The Morgan fingerprint density at radius 2 is 2.04 bits per heavy atom. The normalized spacial score (nSPS) is 19.7. The van der Waals surface area contributed by atoms with Crippen molar-refractivity contribution in [2.24, 2.45) is 4.99 Å². The molecule has 0 saturated carbocycles. The minimum Gasteiger partial charge on any atom is -0.493 e. The van der Waals surface area contributed by atoms with Crippen molar-refractivity contribution in [3.8, 4) is 11.5 Å². The van der Waals surface area contributed by atoms with Gasteiger partial charge in [0, 0.05) is 29.5 Å². The lowest BCUT2D eigenvalue weighted by Crippen LogP contribution is -2.34. The van der Waals surface area contributed by atoms with E-state index in [1.54, 1.807) is 14.0 Å². The topological polar surface area (TPSA) is 57.1 Å². The second-order valence-corrected chi connectivity index (χ2v) is 7.62. The first kappa shape index (κ1) is 16.8. The Bertz CT molecular complexity index is 731. The average molecular weight is 331 g/mol. The third-order valence-electron chi connectivity index (χ3n) is 4.61. The zero-order valence-electron chi connectivity index (χ0n) is 15.3. The minimum atomic E-state index is -0.369. The number of ether oxygens (including phenoxy) is 3. The molecular formula is C19H25NO4. The van der Waals surface area contributed by atoms with Gasteiger partial charge in [0.1, 0.15) is 5.60 Å². The highest BCUT2D eigenvalue weighted by atomic mass is 16.5. The average Bonchev–Trinajstić information content (AvgIpc) is 2.82. The zero-order valence-corrected chi connectivity index (χ0v) is 15.3. The molecule has 1 aromatic carbocycles. The summed E-state index contributed by atoms with van der Waals surface area (Å²) in [4.78, 5) is 17.0. The van der Waals surface area contributed by atoms with E-state index in [0.717, 1.165) is 22.4 Å². The Morgan fingerprint density at radius 1 is 1.33 bits per heavy atom. The van der Waals surface area contributed by atoms with Crippen LogP contribution in [0.15, 0.2) is 11.1 Å². The summed E-state index contributed by atoms with van der Waals surface area (Å²) in [6.07, 6.45) is 0.705. The SMILES string of the molecule is CCOC(=O)C1=NCC(C)(C)c2cc(OC)c3c(c21)CC(C)(C)O3. The molecule has 0 aromatic heterocycles. The molecule has 2 aliphatic rings. The van der Waals surface area contributed by atoms with Crippen molar-refractivity contribution < 1.29 is 19.0 Å². The van der Waals surface area contributed by atoms with Gasteiger partial charge in [-0.05, 0) is 32.4 Å². The Labute approximate surface area is 143 Å². The van der Waals surface area contributed by atoms with Crippen LogP contribution in [0.1, 0.15) is 51.3 Å². The molecule has 0 bridgehead atoms. The molecule has 3 rings (SSSR count). The van der Waals surface area contributed by atoms with E-state index in [-0.39, 0.29) is 17.0 Å². The second-order valence-electron chi connectivity index (χ2n) is 7.62. The first-order valence-corrected chi connectivity index (χ1v) is 8.35. The molecule has 5 nitrogen and oxygen atoms in total. The van der Waals surface area contributed by atoms with Gasteiger partial charge >= 0.3 is 5.97 Å². The molecule has 0 aliphatic carbocycles. The number of fused-ring (bicyclic) bond motifs is 3. The van der Waals surface area contributed by atoms with Crippen LogP contribution in [0, 0.1) is 0 Å². The van der Waals surface area contributed by atoms with E-state index < -0.39 is 0 Å². The van der Waals surface area contributed by atoms with Crippen molar-refractivity contribution >= 4 is 11.7 Å². The third kappa shape index (κ3) is 2.56. The zero-order chi connectivity index (χ0) is 17.7. The molecule has 2 aliphatic heterocycles. The predicted molar refractivity (Wildman–Crippen MR) is 92.5 cm³/mol. The molecule has 0 unspecified atom stereocenters. The van der Waals surface area contributed by atoms with Crippen LogP contribution in [0.5, 0.6) is 11.5 Å². The lowest BCUT2D eigenvalue weighted by molar-refractivity contribution is -0.135. The number of hydrogen-bond acceptors (Lipinski definition) is 5. The van der Waals surface area contributed by atoms with E-state index in [1.165, 1.54) is 0 Å². The molecule has 0 saturated heterocycles. The highest BCUT2D eigenvalue weighted by Crippen LogP contribution is 2.48. The summed E-state index contributed by atoms with van der Waals surface area (Å²) < 4.78 is 16.9. The number of nitrogens with zero attached hydrogens (tertiary/aromatic N) is 1. The molecule has 0 spiro atoms. The van der Waals surface area contributed by atoms with Crippen LogP contribution >= 0.6 is 0 Å². The summed E-state index contributed by atoms with van der Waals surface area (Å²) in [5.41, 5.74) is 2.82. The summed E-state index contributed by atoms with van der Waals surface area (Å²) in [7, 11) is 1.65. The smallest absolute Gasteiger partial charge is 0.357 e. The third-order valence-corrected chi connectivity index (χ3v) is 4.61. The van der Waals surface area contributed by atoms with Crippen molar-refractivity contribution in [2.45, 2.75) is 52.1 Å². The highest BCUT2D eigenvalue weighted by molar-refractivity contribution is 6.44. The Balaban J connectivity index is 2.26. The quantitative estimate of drug-likeness (QED) is 0.799.